The zero-order valence-corrected chi connectivity index (χ0v) is 16.2. The van der Waals surface area contributed by atoms with Crippen LogP contribution >= 0.6 is 0 Å². The normalized spacial score (nSPS) is 16.4. The molecular weight excluding hydrogens is 370 g/mol. The minimum absolute atomic E-state index is 0.0687. The topological polar surface area (TPSA) is 88.8 Å². The Morgan fingerprint density at radius 1 is 1.21 bits per heavy atom. The summed E-state index contributed by atoms with van der Waals surface area (Å²) in [4.78, 5) is 26.8. The molecule has 8 nitrogen and oxygen atoms in total. The van der Waals surface area contributed by atoms with E-state index in [-0.39, 0.29) is 24.2 Å². The number of rotatable bonds is 7. The van der Waals surface area contributed by atoms with Gasteiger partial charge in [0.15, 0.2) is 5.65 Å². The molecule has 3 aromatic rings. The number of hydrogen-bond acceptors (Lipinski definition) is 5. The lowest BCUT2D eigenvalue weighted by atomic mass is 10.1. The number of aromatic nitrogens is 3. The summed E-state index contributed by atoms with van der Waals surface area (Å²) in [5.41, 5.74) is 1.49. The van der Waals surface area contributed by atoms with Gasteiger partial charge in [-0.1, -0.05) is 18.2 Å². The summed E-state index contributed by atoms with van der Waals surface area (Å²) in [7, 11) is 0. The first kappa shape index (κ1) is 18.9. The van der Waals surface area contributed by atoms with Crippen LogP contribution in [-0.2, 0) is 16.0 Å². The molecule has 4 rings (SSSR count). The van der Waals surface area contributed by atoms with E-state index in [4.69, 9.17) is 4.74 Å². The third-order valence-electron chi connectivity index (χ3n) is 4.98. The molecule has 1 aliphatic rings. The number of benzene rings is 1. The fourth-order valence-corrected chi connectivity index (χ4v) is 3.58. The summed E-state index contributed by atoms with van der Waals surface area (Å²) in [6.45, 7) is 3.20. The van der Waals surface area contributed by atoms with Crippen LogP contribution in [0.2, 0.25) is 0 Å². The first-order valence-corrected chi connectivity index (χ1v) is 9.76. The van der Waals surface area contributed by atoms with E-state index in [2.05, 4.69) is 15.5 Å². The minimum atomic E-state index is -0.382. The standard InChI is InChI=1S/C21H23N5O3/c1-2-29-17-8-4-3-7-16(17)26-14-15(13-20(26)27)21(28)22-11-10-19-24-23-18-9-5-6-12-25(18)19/h3-9,12,15H,2,10-11,13-14H2,1H3,(H,22,28). The van der Waals surface area contributed by atoms with E-state index in [1.165, 1.54) is 0 Å². The molecule has 1 aliphatic heterocycles. The van der Waals surface area contributed by atoms with Gasteiger partial charge in [-0.3, -0.25) is 14.0 Å². The maximum absolute atomic E-state index is 12.6. The van der Waals surface area contributed by atoms with Crippen LogP contribution in [0.5, 0.6) is 5.75 Å². The summed E-state index contributed by atoms with van der Waals surface area (Å²) >= 11 is 0. The van der Waals surface area contributed by atoms with Crippen molar-refractivity contribution in [2.75, 3.05) is 24.6 Å². The molecule has 0 saturated carbocycles. The Morgan fingerprint density at radius 2 is 2.03 bits per heavy atom. The van der Waals surface area contributed by atoms with E-state index < -0.39 is 0 Å². The Bertz CT molecular complexity index is 1030. The van der Waals surface area contributed by atoms with Crippen LogP contribution < -0.4 is 15.0 Å². The summed E-state index contributed by atoms with van der Waals surface area (Å²) < 4.78 is 7.53. The number of carbonyl (C=O) groups is 2. The van der Waals surface area contributed by atoms with Crippen LogP contribution in [0.3, 0.4) is 0 Å². The van der Waals surface area contributed by atoms with Crippen molar-refractivity contribution in [3.8, 4) is 5.75 Å². The van der Waals surface area contributed by atoms with Crippen LogP contribution in [0.25, 0.3) is 5.65 Å². The maximum Gasteiger partial charge on any atom is 0.227 e. The number of fused-ring (bicyclic) bond motifs is 1. The van der Waals surface area contributed by atoms with Crippen LogP contribution in [0.15, 0.2) is 48.7 Å². The molecule has 0 spiro atoms. The molecule has 1 atom stereocenters. The molecule has 29 heavy (non-hydrogen) atoms. The van der Waals surface area contributed by atoms with Gasteiger partial charge in [-0.15, -0.1) is 10.2 Å². The highest BCUT2D eigenvalue weighted by Gasteiger charge is 2.36. The lowest BCUT2D eigenvalue weighted by molar-refractivity contribution is -0.126. The number of pyridine rings is 1. The van der Waals surface area contributed by atoms with E-state index in [1.54, 1.807) is 4.90 Å². The van der Waals surface area contributed by atoms with Crippen LogP contribution in [0.4, 0.5) is 5.69 Å². The van der Waals surface area contributed by atoms with Gasteiger partial charge in [0.05, 0.1) is 18.2 Å². The number of hydrogen-bond donors (Lipinski definition) is 1. The van der Waals surface area contributed by atoms with Crippen molar-refractivity contribution in [1.29, 1.82) is 0 Å². The van der Waals surface area contributed by atoms with E-state index in [9.17, 15) is 9.59 Å². The van der Waals surface area contributed by atoms with Gasteiger partial charge in [0, 0.05) is 32.1 Å². The first-order valence-electron chi connectivity index (χ1n) is 9.76. The third kappa shape index (κ3) is 3.91. The molecule has 1 aromatic carbocycles. The van der Waals surface area contributed by atoms with Gasteiger partial charge in [-0.25, -0.2) is 0 Å². The zero-order valence-electron chi connectivity index (χ0n) is 16.2. The molecule has 3 heterocycles. The van der Waals surface area contributed by atoms with Crippen molar-refractivity contribution in [3.63, 3.8) is 0 Å². The van der Waals surface area contributed by atoms with Gasteiger partial charge in [-0.05, 0) is 31.2 Å². The predicted octanol–water partition coefficient (Wildman–Crippen LogP) is 1.84. The van der Waals surface area contributed by atoms with Crippen molar-refractivity contribution >= 4 is 23.1 Å². The summed E-state index contributed by atoms with van der Waals surface area (Å²) in [6, 6.07) is 13.1. The highest BCUT2D eigenvalue weighted by atomic mass is 16.5. The summed E-state index contributed by atoms with van der Waals surface area (Å²) in [6.07, 6.45) is 2.66. The molecule has 2 aromatic heterocycles. The fraction of sp³-hybridized carbons (Fsp3) is 0.333. The molecule has 1 unspecified atom stereocenters. The molecule has 1 N–H and O–H groups in total. The van der Waals surface area contributed by atoms with Gasteiger partial charge in [0.25, 0.3) is 0 Å². The van der Waals surface area contributed by atoms with Crippen molar-refractivity contribution in [2.45, 2.75) is 19.8 Å². The highest BCUT2D eigenvalue weighted by molar-refractivity contribution is 6.01. The van der Waals surface area contributed by atoms with E-state index >= 15 is 0 Å². The molecule has 1 saturated heterocycles. The molecule has 0 bridgehead atoms. The number of nitrogens with zero attached hydrogens (tertiary/aromatic N) is 4. The molecule has 2 amide bonds. The predicted molar refractivity (Wildman–Crippen MR) is 108 cm³/mol. The average molecular weight is 393 g/mol. The minimum Gasteiger partial charge on any atom is -0.492 e. The number of para-hydroxylation sites is 2. The quantitative estimate of drug-likeness (QED) is 0.662. The lowest BCUT2D eigenvalue weighted by Gasteiger charge is -2.20. The largest absolute Gasteiger partial charge is 0.492 e. The van der Waals surface area contributed by atoms with Crippen LogP contribution in [0, 0.1) is 5.92 Å². The van der Waals surface area contributed by atoms with Gasteiger partial charge in [0.2, 0.25) is 11.8 Å². The van der Waals surface area contributed by atoms with Gasteiger partial charge in [-0.2, -0.15) is 0 Å². The molecule has 1 fully saturated rings. The SMILES string of the molecule is CCOc1ccccc1N1CC(C(=O)NCCc2nnc3ccccn23)CC1=O. The Labute approximate surface area is 168 Å². The Morgan fingerprint density at radius 3 is 2.90 bits per heavy atom. The second-order valence-corrected chi connectivity index (χ2v) is 6.89. The number of carbonyl (C=O) groups excluding carboxylic acids is 2. The van der Waals surface area contributed by atoms with Crippen molar-refractivity contribution in [1.82, 2.24) is 19.9 Å². The molecule has 8 heteroatoms. The summed E-state index contributed by atoms with van der Waals surface area (Å²) in [5, 5.41) is 11.2. The number of ether oxygens (including phenoxy) is 1. The fourth-order valence-electron chi connectivity index (χ4n) is 3.58. The Kier molecular flexibility index (Phi) is 5.41. The molecular formula is C21H23N5O3. The van der Waals surface area contributed by atoms with Crippen molar-refractivity contribution < 1.29 is 14.3 Å². The van der Waals surface area contributed by atoms with Crippen molar-refractivity contribution in [3.05, 3.63) is 54.5 Å². The van der Waals surface area contributed by atoms with Crippen LogP contribution in [0.1, 0.15) is 19.2 Å². The van der Waals surface area contributed by atoms with E-state index in [0.717, 1.165) is 11.5 Å². The van der Waals surface area contributed by atoms with Gasteiger partial charge in [0.1, 0.15) is 11.6 Å². The maximum atomic E-state index is 12.6. The van der Waals surface area contributed by atoms with Gasteiger partial charge < -0.3 is 15.0 Å². The third-order valence-corrected chi connectivity index (χ3v) is 4.98. The zero-order chi connectivity index (χ0) is 20.2. The number of amides is 2. The Hall–Kier alpha value is -3.42. The molecule has 0 aliphatic carbocycles. The van der Waals surface area contributed by atoms with E-state index in [0.29, 0.717) is 37.6 Å². The molecule has 150 valence electrons. The van der Waals surface area contributed by atoms with Gasteiger partial charge >= 0.3 is 0 Å². The van der Waals surface area contributed by atoms with E-state index in [1.807, 2.05) is 60.0 Å². The second-order valence-electron chi connectivity index (χ2n) is 6.89. The number of anilines is 1. The Balaban J connectivity index is 1.36. The van der Waals surface area contributed by atoms with Crippen molar-refractivity contribution in [2.24, 2.45) is 5.92 Å². The average Bonchev–Trinajstić information content (AvgIpc) is 3.32. The smallest absolute Gasteiger partial charge is 0.227 e. The highest BCUT2D eigenvalue weighted by Crippen LogP contribution is 2.33. The first-order chi connectivity index (χ1) is 14.2. The number of nitrogens with one attached hydrogen (secondary N) is 1. The van der Waals surface area contributed by atoms with Crippen LogP contribution in [-0.4, -0.2) is 46.1 Å². The molecule has 0 radical (unpaired) electrons. The lowest BCUT2D eigenvalue weighted by Crippen LogP contribution is -2.34. The second kappa shape index (κ2) is 8.30. The summed E-state index contributed by atoms with van der Waals surface area (Å²) in [5.74, 6) is 0.871. The monoisotopic (exact) mass is 393 g/mol.